The van der Waals surface area contributed by atoms with Crippen LogP contribution in [0, 0.1) is 5.82 Å². The van der Waals surface area contributed by atoms with Crippen molar-refractivity contribution < 1.29 is 23.8 Å². The minimum atomic E-state index is -0.964. The summed E-state index contributed by atoms with van der Waals surface area (Å²) in [6, 6.07) is 13.6. The summed E-state index contributed by atoms with van der Waals surface area (Å²) in [7, 11) is 0. The minimum Gasteiger partial charge on any atom is -0.502 e. The number of allylic oxidation sites excluding steroid dienone is 1. The number of benzene rings is 2. The number of aliphatic hydroxyl groups is 1. The Morgan fingerprint density at radius 3 is 2.48 bits per heavy atom. The number of hydrogen-bond acceptors (Lipinski definition) is 4. The number of hydrogen-bond donors (Lipinski definition) is 1. The molecule has 0 aliphatic rings. The lowest BCUT2D eigenvalue weighted by molar-refractivity contribution is -0.141. The maximum atomic E-state index is 14.4. The maximum Gasteiger partial charge on any atom is 0.373 e. The van der Waals surface area contributed by atoms with Gasteiger partial charge in [0, 0.05) is 17.6 Å². The highest BCUT2D eigenvalue weighted by Crippen LogP contribution is 2.26. The lowest BCUT2D eigenvalue weighted by Crippen LogP contribution is -2.12. The molecule has 0 amide bonds. The van der Waals surface area contributed by atoms with Gasteiger partial charge in [0.2, 0.25) is 5.76 Å². The quantitative estimate of drug-likeness (QED) is 0.486. The van der Waals surface area contributed by atoms with Gasteiger partial charge < -0.3 is 9.84 Å². The zero-order valence-corrected chi connectivity index (χ0v) is 14.0. The summed E-state index contributed by atoms with van der Waals surface area (Å²) in [6.07, 6.45) is 0.811. The molecule has 0 aliphatic heterocycles. The van der Waals surface area contributed by atoms with Crippen molar-refractivity contribution >= 4 is 11.8 Å². The van der Waals surface area contributed by atoms with Gasteiger partial charge in [0.05, 0.1) is 6.61 Å². The number of aliphatic hydroxyl groups excluding tert-OH is 1. The molecule has 0 fully saturated rings. The number of halogens is 1. The molecule has 0 spiro atoms. The Hall–Kier alpha value is -2.95. The second-order valence-electron chi connectivity index (χ2n) is 5.48. The summed E-state index contributed by atoms with van der Waals surface area (Å²) in [5.41, 5.74) is 1.63. The zero-order valence-electron chi connectivity index (χ0n) is 14.0. The standard InChI is InChI=1S/C20H19FO4/c1-3-25-20(24)19(23)12-18(22)13(2)15-9-10-16(17(21)11-15)14-7-5-4-6-8-14/h4-13,23H,3H2,1-2H3/b19-12-. The summed E-state index contributed by atoms with van der Waals surface area (Å²) in [6.45, 7) is 3.26. The monoisotopic (exact) mass is 342 g/mol. The first-order valence-electron chi connectivity index (χ1n) is 7.90. The first kappa shape index (κ1) is 18.4. The maximum absolute atomic E-state index is 14.4. The molecule has 0 bridgehead atoms. The van der Waals surface area contributed by atoms with Crippen LogP contribution in [0.3, 0.4) is 0 Å². The number of ether oxygens (including phenoxy) is 1. The van der Waals surface area contributed by atoms with Crippen LogP contribution in [0.15, 0.2) is 60.4 Å². The van der Waals surface area contributed by atoms with Crippen molar-refractivity contribution in [1.82, 2.24) is 0 Å². The van der Waals surface area contributed by atoms with E-state index in [1.54, 1.807) is 38.1 Å². The fourth-order valence-corrected chi connectivity index (χ4v) is 2.34. The smallest absolute Gasteiger partial charge is 0.373 e. The number of esters is 1. The molecular formula is C20H19FO4. The highest BCUT2D eigenvalue weighted by Gasteiger charge is 2.18. The molecule has 4 nitrogen and oxygen atoms in total. The van der Waals surface area contributed by atoms with E-state index in [0.29, 0.717) is 11.1 Å². The average Bonchev–Trinajstić information content (AvgIpc) is 2.61. The van der Waals surface area contributed by atoms with Gasteiger partial charge in [0.25, 0.3) is 0 Å². The molecule has 0 heterocycles. The van der Waals surface area contributed by atoms with Crippen molar-refractivity contribution in [2.45, 2.75) is 19.8 Å². The van der Waals surface area contributed by atoms with Crippen LogP contribution in [0.2, 0.25) is 0 Å². The molecule has 0 aromatic heterocycles. The van der Waals surface area contributed by atoms with E-state index in [-0.39, 0.29) is 6.61 Å². The van der Waals surface area contributed by atoms with Gasteiger partial charge in [-0.2, -0.15) is 0 Å². The Morgan fingerprint density at radius 1 is 1.20 bits per heavy atom. The fraction of sp³-hybridized carbons (Fsp3) is 0.200. The van der Waals surface area contributed by atoms with Crippen molar-refractivity contribution in [3.63, 3.8) is 0 Å². The van der Waals surface area contributed by atoms with E-state index in [0.717, 1.165) is 11.6 Å². The van der Waals surface area contributed by atoms with Gasteiger partial charge in [-0.3, -0.25) is 4.79 Å². The first-order valence-corrected chi connectivity index (χ1v) is 7.90. The van der Waals surface area contributed by atoms with E-state index < -0.39 is 29.2 Å². The number of carbonyl (C=O) groups excluding carboxylic acids is 2. The molecule has 2 rings (SSSR count). The highest BCUT2D eigenvalue weighted by molar-refractivity contribution is 6.01. The van der Waals surface area contributed by atoms with E-state index in [1.807, 2.05) is 18.2 Å². The molecule has 2 aromatic rings. The molecule has 1 atom stereocenters. The van der Waals surface area contributed by atoms with Gasteiger partial charge in [-0.15, -0.1) is 0 Å². The molecule has 0 saturated carbocycles. The summed E-state index contributed by atoms with van der Waals surface area (Å²) >= 11 is 0. The van der Waals surface area contributed by atoms with Gasteiger partial charge in [-0.1, -0.05) is 49.4 Å². The van der Waals surface area contributed by atoms with Crippen LogP contribution in [0.5, 0.6) is 0 Å². The summed E-state index contributed by atoms with van der Waals surface area (Å²) in [4.78, 5) is 23.5. The third kappa shape index (κ3) is 4.53. The Kier molecular flexibility index (Phi) is 6.06. The number of ketones is 1. The highest BCUT2D eigenvalue weighted by atomic mass is 19.1. The predicted octanol–water partition coefficient (Wildman–Crippen LogP) is 4.17. The zero-order chi connectivity index (χ0) is 18.4. The molecule has 0 radical (unpaired) electrons. The average molecular weight is 342 g/mol. The molecule has 0 aliphatic carbocycles. The fourth-order valence-electron chi connectivity index (χ4n) is 2.34. The SMILES string of the molecule is CCOC(=O)/C(O)=C/C(=O)C(C)c1ccc(-c2ccccc2)c(F)c1. The van der Waals surface area contributed by atoms with Crippen LogP contribution in [-0.4, -0.2) is 23.5 Å². The van der Waals surface area contributed by atoms with Crippen LogP contribution >= 0.6 is 0 Å². The minimum absolute atomic E-state index is 0.0899. The van der Waals surface area contributed by atoms with E-state index in [4.69, 9.17) is 0 Å². The van der Waals surface area contributed by atoms with Crippen molar-refractivity contribution in [2.24, 2.45) is 0 Å². The molecule has 0 saturated heterocycles. The van der Waals surface area contributed by atoms with Gasteiger partial charge in [0.1, 0.15) is 5.82 Å². The lowest BCUT2D eigenvalue weighted by atomic mass is 9.93. The lowest BCUT2D eigenvalue weighted by Gasteiger charge is -2.11. The van der Waals surface area contributed by atoms with Crippen LogP contribution < -0.4 is 0 Å². The van der Waals surface area contributed by atoms with Gasteiger partial charge in [0.15, 0.2) is 5.78 Å². The van der Waals surface area contributed by atoms with Crippen LogP contribution in [-0.2, 0) is 14.3 Å². The second-order valence-corrected chi connectivity index (χ2v) is 5.48. The van der Waals surface area contributed by atoms with Crippen molar-refractivity contribution in [3.8, 4) is 11.1 Å². The van der Waals surface area contributed by atoms with E-state index in [1.165, 1.54) is 6.07 Å². The second kappa shape index (κ2) is 8.24. The van der Waals surface area contributed by atoms with E-state index in [2.05, 4.69) is 4.74 Å². The van der Waals surface area contributed by atoms with E-state index >= 15 is 0 Å². The normalized spacial score (nSPS) is 12.5. The molecular weight excluding hydrogens is 323 g/mol. The molecule has 1 N–H and O–H groups in total. The van der Waals surface area contributed by atoms with Crippen molar-refractivity contribution in [2.75, 3.05) is 6.61 Å². The largest absolute Gasteiger partial charge is 0.502 e. The molecule has 5 heteroatoms. The first-order chi connectivity index (χ1) is 11.9. The van der Waals surface area contributed by atoms with Gasteiger partial charge >= 0.3 is 5.97 Å². The van der Waals surface area contributed by atoms with E-state index in [9.17, 15) is 19.1 Å². The van der Waals surface area contributed by atoms with Crippen LogP contribution in [0.1, 0.15) is 25.3 Å². The van der Waals surface area contributed by atoms with Crippen molar-refractivity contribution in [1.29, 1.82) is 0 Å². The predicted molar refractivity (Wildman–Crippen MR) is 92.6 cm³/mol. The van der Waals surface area contributed by atoms with Gasteiger partial charge in [-0.25, -0.2) is 9.18 Å². The molecule has 130 valence electrons. The Bertz CT molecular complexity index is 797. The summed E-state index contributed by atoms with van der Waals surface area (Å²) in [5.74, 6) is -3.40. The summed E-state index contributed by atoms with van der Waals surface area (Å²) < 4.78 is 19.0. The van der Waals surface area contributed by atoms with Crippen molar-refractivity contribution in [3.05, 3.63) is 71.7 Å². The Labute approximate surface area is 145 Å². The number of carbonyl (C=O) groups is 2. The number of rotatable bonds is 6. The van der Waals surface area contributed by atoms with Crippen LogP contribution in [0.4, 0.5) is 4.39 Å². The Balaban J connectivity index is 2.21. The molecule has 1 unspecified atom stereocenters. The third-order valence-corrected chi connectivity index (χ3v) is 3.77. The molecule has 2 aromatic carbocycles. The van der Waals surface area contributed by atoms with Crippen LogP contribution in [0.25, 0.3) is 11.1 Å². The van der Waals surface area contributed by atoms with Gasteiger partial charge in [-0.05, 0) is 24.1 Å². The topological polar surface area (TPSA) is 63.6 Å². The Morgan fingerprint density at radius 2 is 1.88 bits per heavy atom. The summed E-state index contributed by atoms with van der Waals surface area (Å²) in [5, 5.41) is 9.55. The molecule has 25 heavy (non-hydrogen) atoms. The third-order valence-electron chi connectivity index (χ3n) is 3.77.